The predicted octanol–water partition coefficient (Wildman–Crippen LogP) is 4.28. The maximum absolute atomic E-state index is 12.9. The molecule has 5 rings (SSSR count). The second-order valence-electron chi connectivity index (χ2n) is 7.85. The van der Waals surface area contributed by atoms with E-state index < -0.39 is 0 Å². The number of amides is 1. The Hall–Kier alpha value is -1.93. The van der Waals surface area contributed by atoms with Crippen molar-refractivity contribution >= 4 is 39.2 Å². The van der Waals surface area contributed by atoms with Crippen molar-refractivity contribution in [3.8, 4) is 0 Å². The van der Waals surface area contributed by atoms with Crippen molar-refractivity contribution in [2.24, 2.45) is 0 Å². The molecule has 1 saturated heterocycles. The summed E-state index contributed by atoms with van der Waals surface area (Å²) >= 11 is 3.29. The molecular weight excluding hydrogens is 402 g/mol. The number of piperidine rings is 1. The Morgan fingerprint density at radius 3 is 2.86 bits per heavy atom. The van der Waals surface area contributed by atoms with Crippen LogP contribution in [-0.4, -0.2) is 49.4 Å². The highest BCUT2D eigenvalue weighted by molar-refractivity contribution is 7.99. The third-order valence-corrected chi connectivity index (χ3v) is 7.91. The van der Waals surface area contributed by atoms with E-state index in [9.17, 15) is 4.79 Å². The monoisotopic (exact) mass is 427 g/mol. The fourth-order valence-corrected chi connectivity index (χ4v) is 6.04. The Morgan fingerprint density at radius 1 is 1.21 bits per heavy atom. The number of carbonyl (C=O) groups excluding carboxylic acids is 1. The first-order valence-electron chi connectivity index (χ1n) is 10.4. The van der Waals surface area contributed by atoms with E-state index >= 15 is 0 Å². The van der Waals surface area contributed by atoms with Gasteiger partial charge in [0.25, 0.3) is 0 Å². The molecule has 0 spiro atoms. The topological polar surface area (TPSA) is 63.9 Å². The van der Waals surface area contributed by atoms with Crippen molar-refractivity contribution < 1.29 is 4.79 Å². The second-order valence-corrected chi connectivity index (χ2v) is 9.85. The van der Waals surface area contributed by atoms with Gasteiger partial charge in [0.1, 0.15) is 5.82 Å². The minimum Gasteiger partial charge on any atom is -0.341 e. The van der Waals surface area contributed by atoms with Crippen molar-refractivity contribution in [3.63, 3.8) is 0 Å². The molecule has 0 bridgehead atoms. The molecule has 1 aromatic carbocycles. The van der Waals surface area contributed by atoms with Crippen molar-refractivity contribution in [2.75, 3.05) is 18.8 Å². The lowest BCUT2D eigenvalue weighted by Crippen LogP contribution is -2.40. The highest BCUT2D eigenvalue weighted by Gasteiger charge is 2.31. The van der Waals surface area contributed by atoms with E-state index in [2.05, 4.69) is 39.9 Å². The number of aromatic nitrogens is 4. The van der Waals surface area contributed by atoms with Crippen LogP contribution in [0.5, 0.6) is 0 Å². The van der Waals surface area contributed by atoms with Gasteiger partial charge in [0.15, 0.2) is 5.16 Å². The number of rotatable bonds is 6. The SMILES string of the molecule is CCn1c(SCC(=O)N2CCC[C@H](c3nc4ccccc4s3)C2)nnc1C1CC1. The maximum Gasteiger partial charge on any atom is 0.233 e. The molecule has 1 atom stereocenters. The Morgan fingerprint density at radius 2 is 2.07 bits per heavy atom. The van der Waals surface area contributed by atoms with E-state index in [-0.39, 0.29) is 5.91 Å². The minimum absolute atomic E-state index is 0.194. The summed E-state index contributed by atoms with van der Waals surface area (Å²) in [5.41, 5.74) is 1.07. The number of fused-ring (bicyclic) bond motifs is 1. The van der Waals surface area contributed by atoms with E-state index in [1.54, 1.807) is 11.3 Å². The summed E-state index contributed by atoms with van der Waals surface area (Å²) in [7, 11) is 0. The highest BCUT2D eigenvalue weighted by atomic mass is 32.2. The van der Waals surface area contributed by atoms with Crippen molar-refractivity contribution in [1.82, 2.24) is 24.6 Å². The molecule has 1 amide bonds. The van der Waals surface area contributed by atoms with Gasteiger partial charge in [-0.05, 0) is 44.7 Å². The maximum atomic E-state index is 12.9. The molecule has 0 unspecified atom stereocenters. The van der Waals surface area contributed by atoms with Crippen molar-refractivity contribution in [2.45, 2.75) is 56.1 Å². The van der Waals surface area contributed by atoms with Crippen LogP contribution in [-0.2, 0) is 11.3 Å². The first-order valence-corrected chi connectivity index (χ1v) is 12.2. The number of carbonyl (C=O) groups is 1. The van der Waals surface area contributed by atoms with Crippen LogP contribution in [0.2, 0.25) is 0 Å². The summed E-state index contributed by atoms with van der Waals surface area (Å²) in [6.07, 6.45) is 4.56. The predicted molar refractivity (Wildman–Crippen MR) is 117 cm³/mol. The molecule has 152 valence electrons. The fraction of sp³-hybridized carbons (Fsp3) is 0.524. The molecular formula is C21H25N5OS2. The van der Waals surface area contributed by atoms with Gasteiger partial charge in [-0.1, -0.05) is 23.9 Å². The van der Waals surface area contributed by atoms with Crippen LogP contribution in [0.25, 0.3) is 10.2 Å². The van der Waals surface area contributed by atoms with E-state index in [4.69, 9.17) is 4.98 Å². The zero-order chi connectivity index (χ0) is 19.8. The Balaban J connectivity index is 1.23. The lowest BCUT2D eigenvalue weighted by atomic mass is 9.99. The molecule has 2 aliphatic rings. The van der Waals surface area contributed by atoms with Crippen LogP contribution in [0, 0.1) is 0 Å². The van der Waals surface area contributed by atoms with Crippen LogP contribution in [0.1, 0.15) is 55.3 Å². The van der Waals surface area contributed by atoms with E-state index in [1.165, 1.54) is 29.3 Å². The molecule has 3 aromatic rings. The molecule has 8 heteroatoms. The Labute approximate surface area is 178 Å². The Bertz CT molecular complexity index is 992. The van der Waals surface area contributed by atoms with Crippen LogP contribution in [0.4, 0.5) is 0 Å². The average molecular weight is 428 g/mol. The number of thiazole rings is 1. The standard InChI is InChI=1S/C21H25N5OS2/c1-2-26-19(14-9-10-14)23-24-21(26)28-13-18(27)25-11-5-6-15(12-25)20-22-16-7-3-4-8-17(16)29-20/h3-4,7-8,14-15H,2,5-6,9-13H2,1H3/t15-/m0/s1. The summed E-state index contributed by atoms with van der Waals surface area (Å²) in [5, 5.41) is 10.8. The van der Waals surface area contributed by atoms with Crippen molar-refractivity contribution in [1.29, 1.82) is 0 Å². The van der Waals surface area contributed by atoms with Crippen LogP contribution in [0.15, 0.2) is 29.4 Å². The van der Waals surface area contributed by atoms with Gasteiger partial charge in [0.2, 0.25) is 5.91 Å². The van der Waals surface area contributed by atoms with E-state index in [1.807, 2.05) is 11.0 Å². The first kappa shape index (κ1) is 19.1. The van der Waals surface area contributed by atoms with Gasteiger partial charge in [-0.3, -0.25) is 4.79 Å². The fourth-order valence-electron chi connectivity index (χ4n) is 4.04. The molecule has 1 aliphatic heterocycles. The largest absolute Gasteiger partial charge is 0.341 e. The third kappa shape index (κ3) is 3.92. The molecule has 6 nitrogen and oxygen atoms in total. The normalized spacial score (nSPS) is 19.8. The minimum atomic E-state index is 0.194. The number of benzene rings is 1. The van der Waals surface area contributed by atoms with Gasteiger partial charge in [0, 0.05) is 31.5 Å². The number of nitrogens with zero attached hydrogens (tertiary/aromatic N) is 5. The Kier molecular flexibility index (Phi) is 5.30. The molecule has 1 aliphatic carbocycles. The molecule has 3 heterocycles. The second kappa shape index (κ2) is 8.07. The van der Waals surface area contributed by atoms with Crippen LogP contribution < -0.4 is 0 Å². The van der Waals surface area contributed by atoms with Crippen molar-refractivity contribution in [3.05, 3.63) is 35.1 Å². The first-order chi connectivity index (χ1) is 14.2. The number of para-hydroxylation sites is 1. The van der Waals surface area contributed by atoms with Gasteiger partial charge in [-0.25, -0.2) is 4.98 Å². The molecule has 29 heavy (non-hydrogen) atoms. The average Bonchev–Trinajstić information content (AvgIpc) is 3.37. The zero-order valence-electron chi connectivity index (χ0n) is 16.6. The highest BCUT2D eigenvalue weighted by Crippen LogP contribution is 2.40. The summed E-state index contributed by atoms with van der Waals surface area (Å²) < 4.78 is 3.40. The van der Waals surface area contributed by atoms with Gasteiger partial charge in [-0.2, -0.15) is 0 Å². The van der Waals surface area contributed by atoms with Crippen LogP contribution >= 0.6 is 23.1 Å². The van der Waals surface area contributed by atoms with Gasteiger partial charge in [-0.15, -0.1) is 21.5 Å². The van der Waals surface area contributed by atoms with Gasteiger partial charge < -0.3 is 9.47 Å². The van der Waals surface area contributed by atoms with Gasteiger partial charge in [0.05, 0.1) is 21.0 Å². The quantitative estimate of drug-likeness (QED) is 0.549. The molecule has 1 saturated carbocycles. The number of hydrogen-bond acceptors (Lipinski definition) is 6. The number of thioether (sulfide) groups is 1. The smallest absolute Gasteiger partial charge is 0.233 e. The summed E-state index contributed by atoms with van der Waals surface area (Å²) in [4.78, 5) is 19.7. The third-order valence-electron chi connectivity index (χ3n) is 5.76. The summed E-state index contributed by atoms with van der Waals surface area (Å²) in [5.74, 6) is 2.63. The molecule has 0 N–H and O–H groups in total. The van der Waals surface area contributed by atoms with Crippen LogP contribution in [0.3, 0.4) is 0 Å². The van der Waals surface area contributed by atoms with E-state index in [0.29, 0.717) is 17.6 Å². The molecule has 2 aromatic heterocycles. The number of likely N-dealkylation sites (tertiary alicyclic amines) is 1. The lowest BCUT2D eigenvalue weighted by Gasteiger charge is -2.31. The summed E-state index contributed by atoms with van der Waals surface area (Å²) in [6, 6.07) is 8.28. The molecule has 2 fully saturated rings. The summed E-state index contributed by atoms with van der Waals surface area (Å²) in [6.45, 7) is 4.59. The van der Waals surface area contributed by atoms with E-state index in [0.717, 1.165) is 54.0 Å². The zero-order valence-corrected chi connectivity index (χ0v) is 18.2. The van der Waals surface area contributed by atoms with Gasteiger partial charge >= 0.3 is 0 Å². The molecule has 0 radical (unpaired) electrons. The lowest BCUT2D eigenvalue weighted by molar-refractivity contribution is -0.129. The number of hydrogen-bond donors (Lipinski definition) is 0.